The zero-order valence-corrected chi connectivity index (χ0v) is 21.6. The van der Waals surface area contributed by atoms with Crippen LogP contribution in [0.25, 0.3) is 11.8 Å². The van der Waals surface area contributed by atoms with Gasteiger partial charge in [0.15, 0.2) is 0 Å². The molecule has 1 saturated heterocycles. The van der Waals surface area contributed by atoms with Crippen LogP contribution in [-0.2, 0) is 16.0 Å². The van der Waals surface area contributed by atoms with E-state index < -0.39 is 17.1 Å². The van der Waals surface area contributed by atoms with Crippen LogP contribution in [0.2, 0.25) is 0 Å². The monoisotopic (exact) mass is 503 g/mol. The number of rotatable bonds is 8. The minimum absolute atomic E-state index is 0.301. The predicted molar refractivity (Wildman–Crippen MR) is 144 cm³/mol. The van der Waals surface area contributed by atoms with Crippen molar-refractivity contribution in [1.29, 1.82) is 0 Å². The molecule has 3 aromatic rings. The molecule has 1 fully saturated rings. The summed E-state index contributed by atoms with van der Waals surface area (Å²) >= 11 is 0.850. The normalized spacial score (nSPS) is 14.6. The molecule has 1 aromatic heterocycles. The highest BCUT2D eigenvalue weighted by Gasteiger charge is 2.36. The van der Waals surface area contributed by atoms with Gasteiger partial charge in [-0.3, -0.25) is 19.3 Å². The van der Waals surface area contributed by atoms with E-state index in [4.69, 9.17) is 4.74 Å². The first kappa shape index (κ1) is 25.3. The van der Waals surface area contributed by atoms with Gasteiger partial charge >= 0.3 is 0 Å². The molecule has 8 heteroatoms. The minimum Gasteiger partial charge on any atom is -0.494 e. The Kier molecular flexibility index (Phi) is 7.64. The molecule has 0 spiro atoms. The van der Waals surface area contributed by atoms with Crippen LogP contribution in [0.1, 0.15) is 36.4 Å². The maximum atomic E-state index is 13.0. The first-order valence-corrected chi connectivity index (χ1v) is 12.7. The molecule has 2 heterocycles. The summed E-state index contributed by atoms with van der Waals surface area (Å²) in [5, 5.41) is 2.26. The number of amides is 3. The van der Waals surface area contributed by atoms with E-state index in [1.54, 1.807) is 30.3 Å². The minimum atomic E-state index is -0.469. The van der Waals surface area contributed by atoms with Gasteiger partial charge in [0, 0.05) is 22.8 Å². The summed E-state index contributed by atoms with van der Waals surface area (Å²) in [4.78, 5) is 39.3. The Bertz CT molecular complexity index is 1320. The lowest BCUT2D eigenvalue weighted by Crippen LogP contribution is -2.36. The van der Waals surface area contributed by atoms with Gasteiger partial charge in [-0.15, -0.1) is 0 Å². The van der Waals surface area contributed by atoms with Crippen molar-refractivity contribution in [3.63, 3.8) is 0 Å². The molecule has 0 saturated carbocycles. The Morgan fingerprint density at radius 1 is 1.03 bits per heavy atom. The summed E-state index contributed by atoms with van der Waals surface area (Å²) in [6.45, 7) is 8.21. The third-order valence-corrected chi connectivity index (χ3v) is 6.89. The second kappa shape index (κ2) is 10.9. The molecule has 1 aliphatic heterocycles. The highest BCUT2D eigenvalue weighted by atomic mass is 32.2. The van der Waals surface area contributed by atoms with Gasteiger partial charge in [-0.1, -0.05) is 19.1 Å². The van der Waals surface area contributed by atoms with E-state index in [-0.39, 0.29) is 6.54 Å². The summed E-state index contributed by atoms with van der Waals surface area (Å²) in [5.74, 6) is -0.218. The summed E-state index contributed by atoms with van der Waals surface area (Å²) in [6.07, 6.45) is 2.71. The molecule has 3 amide bonds. The summed E-state index contributed by atoms with van der Waals surface area (Å²) < 4.78 is 7.52. The lowest BCUT2D eigenvalue weighted by molar-refractivity contribution is -0.127. The van der Waals surface area contributed by atoms with Gasteiger partial charge in [0.25, 0.3) is 11.1 Å². The van der Waals surface area contributed by atoms with Crippen LogP contribution < -0.4 is 10.1 Å². The van der Waals surface area contributed by atoms with Gasteiger partial charge in [0.2, 0.25) is 5.91 Å². The Labute approximate surface area is 215 Å². The number of carbonyl (C=O) groups excluding carboxylic acids is 3. The van der Waals surface area contributed by atoms with E-state index in [1.807, 2.05) is 26.8 Å². The van der Waals surface area contributed by atoms with Gasteiger partial charge < -0.3 is 14.6 Å². The number of carbonyl (C=O) groups is 3. The third-order valence-electron chi connectivity index (χ3n) is 5.98. The lowest BCUT2D eigenvalue weighted by Gasteiger charge is -2.12. The average Bonchev–Trinajstić information content (AvgIpc) is 3.29. The number of nitrogens with one attached hydrogen (secondary N) is 1. The van der Waals surface area contributed by atoms with Gasteiger partial charge in [0.1, 0.15) is 12.3 Å². The molecule has 36 heavy (non-hydrogen) atoms. The number of imide groups is 1. The first-order valence-electron chi connectivity index (χ1n) is 11.9. The fourth-order valence-corrected chi connectivity index (χ4v) is 4.96. The number of ether oxygens (including phenoxy) is 1. The second-order valence-corrected chi connectivity index (χ2v) is 9.45. The molecule has 186 valence electrons. The number of thioether (sulfide) groups is 1. The molecular weight excluding hydrogens is 474 g/mol. The van der Waals surface area contributed by atoms with Crippen molar-refractivity contribution >= 4 is 40.6 Å². The van der Waals surface area contributed by atoms with Crippen molar-refractivity contribution < 1.29 is 19.1 Å². The summed E-state index contributed by atoms with van der Waals surface area (Å²) in [7, 11) is 0. The molecule has 1 aliphatic rings. The zero-order chi connectivity index (χ0) is 25.8. The Balaban J connectivity index is 1.47. The van der Waals surface area contributed by atoms with Gasteiger partial charge in [0.05, 0.1) is 11.5 Å². The quantitative estimate of drug-likeness (QED) is 0.397. The fraction of sp³-hybridized carbons (Fsp3) is 0.250. The maximum Gasteiger partial charge on any atom is 0.294 e. The van der Waals surface area contributed by atoms with Gasteiger partial charge in [-0.2, -0.15) is 0 Å². The topological polar surface area (TPSA) is 80.6 Å². The molecule has 1 N–H and O–H groups in total. The zero-order valence-electron chi connectivity index (χ0n) is 20.8. The maximum absolute atomic E-state index is 13.0. The summed E-state index contributed by atoms with van der Waals surface area (Å²) in [6, 6.07) is 17.3. The van der Waals surface area contributed by atoms with Crippen molar-refractivity contribution in [2.24, 2.45) is 0 Å². The SMILES string of the molecule is CCOc1ccc(NC(=O)CN2C(=O)S/C(=C/c3cc(C)n(-c4ccc(CC)cc4)c3C)C2=O)cc1. The van der Waals surface area contributed by atoms with Crippen LogP contribution in [0, 0.1) is 13.8 Å². The summed E-state index contributed by atoms with van der Waals surface area (Å²) in [5.41, 5.74) is 5.72. The first-order chi connectivity index (χ1) is 17.3. The van der Waals surface area contributed by atoms with Crippen LogP contribution >= 0.6 is 11.8 Å². The second-order valence-electron chi connectivity index (χ2n) is 8.46. The van der Waals surface area contributed by atoms with Crippen LogP contribution in [0.3, 0.4) is 0 Å². The molecule has 4 rings (SSSR count). The lowest BCUT2D eigenvalue weighted by atomic mass is 10.1. The van der Waals surface area contributed by atoms with Crippen molar-refractivity contribution in [2.75, 3.05) is 18.5 Å². The van der Waals surface area contributed by atoms with E-state index in [2.05, 4.69) is 41.1 Å². The number of benzene rings is 2. The Morgan fingerprint density at radius 3 is 2.36 bits per heavy atom. The van der Waals surface area contributed by atoms with E-state index in [1.165, 1.54) is 5.56 Å². The largest absolute Gasteiger partial charge is 0.494 e. The smallest absolute Gasteiger partial charge is 0.294 e. The number of aromatic nitrogens is 1. The highest BCUT2D eigenvalue weighted by Crippen LogP contribution is 2.33. The van der Waals surface area contributed by atoms with Crippen LogP contribution in [0.5, 0.6) is 5.75 Å². The average molecular weight is 504 g/mol. The van der Waals surface area contributed by atoms with Crippen molar-refractivity contribution in [3.8, 4) is 11.4 Å². The van der Waals surface area contributed by atoms with E-state index in [0.717, 1.165) is 45.7 Å². The molecular formula is C28H29N3O4S. The molecule has 0 aliphatic carbocycles. The van der Waals surface area contributed by atoms with Gasteiger partial charge in [-0.05, 0) is 98.6 Å². The highest BCUT2D eigenvalue weighted by molar-refractivity contribution is 8.18. The fourth-order valence-electron chi connectivity index (χ4n) is 4.13. The predicted octanol–water partition coefficient (Wildman–Crippen LogP) is 5.73. The Hall–Kier alpha value is -3.78. The standard InChI is InChI=1S/C28H29N3O4S/c1-5-20-7-11-23(12-8-20)31-18(3)15-21(19(31)4)16-25-27(33)30(28(34)36-25)17-26(32)29-22-9-13-24(14-10-22)35-6-2/h7-16H,5-6,17H2,1-4H3,(H,29,32)/b25-16+. The Morgan fingerprint density at radius 2 is 1.72 bits per heavy atom. The number of hydrogen-bond donors (Lipinski definition) is 1. The molecule has 0 unspecified atom stereocenters. The number of nitrogens with zero attached hydrogens (tertiary/aromatic N) is 2. The van der Waals surface area contributed by atoms with Gasteiger partial charge in [-0.25, -0.2) is 0 Å². The van der Waals surface area contributed by atoms with Crippen LogP contribution in [-0.4, -0.2) is 39.7 Å². The third kappa shape index (κ3) is 5.39. The van der Waals surface area contributed by atoms with Crippen molar-refractivity contribution in [2.45, 2.75) is 34.1 Å². The number of anilines is 1. The van der Waals surface area contributed by atoms with Crippen LogP contribution in [0.4, 0.5) is 10.5 Å². The molecule has 2 aromatic carbocycles. The molecule has 0 atom stereocenters. The van der Waals surface area contributed by atoms with Crippen molar-refractivity contribution in [3.05, 3.63) is 82.0 Å². The number of aryl methyl sites for hydroxylation is 2. The molecule has 0 bridgehead atoms. The van der Waals surface area contributed by atoms with E-state index in [9.17, 15) is 14.4 Å². The van der Waals surface area contributed by atoms with Crippen molar-refractivity contribution in [1.82, 2.24) is 9.47 Å². The van der Waals surface area contributed by atoms with E-state index in [0.29, 0.717) is 22.9 Å². The molecule has 7 nitrogen and oxygen atoms in total. The molecule has 0 radical (unpaired) electrons. The van der Waals surface area contributed by atoms with Crippen LogP contribution in [0.15, 0.2) is 59.5 Å². The number of hydrogen-bond acceptors (Lipinski definition) is 5. The van der Waals surface area contributed by atoms with E-state index >= 15 is 0 Å².